The Morgan fingerprint density at radius 3 is 1.38 bits per heavy atom. The number of hydrogen-bond donors (Lipinski definition) is 2. The lowest BCUT2D eigenvalue weighted by atomic mass is 9.66. The molecular formula is C15H26N2O4. The van der Waals surface area contributed by atoms with Crippen LogP contribution in [-0.4, -0.2) is 72.2 Å². The topological polar surface area (TPSA) is 81.1 Å². The molecule has 0 amide bonds. The van der Waals surface area contributed by atoms with Crippen molar-refractivity contribution in [3.05, 3.63) is 12.2 Å². The van der Waals surface area contributed by atoms with Gasteiger partial charge in [-0.3, -0.25) is 0 Å². The molecule has 2 aliphatic heterocycles. The molecule has 0 spiro atoms. The first-order valence-corrected chi connectivity index (χ1v) is 7.05. The third-order valence-electron chi connectivity index (χ3n) is 3.83. The molecule has 2 bridgehead atoms. The largest absolute Gasteiger partial charge is 0.478 e. The van der Waals surface area contributed by atoms with Crippen molar-refractivity contribution in [1.82, 2.24) is 9.80 Å². The van der Waals surface area contributed by atoms with E-state index in [0.717, 1.165) is 0 Å². The molecule has 2 fully saturated rings. The SMILES string of the molecule is CN1CC2(C)CN(C)CC(C)(C1)C2.O=C(O)/C=C/C(=O)O. The van der Waals surface area contributed by atoms with E-state index in [1.54, 1.807) is 0 Å². The smallest absolute Gasteiger partial charge is 0.328 e. The van der Waals surface area contributed by atoms with Crippen molar-refractivity contribution >= 4 is 11.9 Å². The maximum atomic E-state index is 9.55. The van der Waals surface area contributed by atoms with Gasteiger partial charge in [0.15, 0.2) is 0 Å². The maximum absolute atomic E-state index is 9.55. The molecule has 2 rings (SSSR count). The van der Waals surface area contributed by atoms with Crippen LogP contribution in [0.3, 0.4) is 0 Å². The summed E-state index contributed by atoms with van der Waals surface area (Å²) in [5, 5.41) is 15.6. The number of piperidine rings is 2. The highest BCUT2D eigenvalue weighted by Gasteiger charge is 2.46. The first-order valence-electron chi connectivity index (χ1n) is 7.05. The first-order chi connectivity index (χ1) is 9.53. The van der Waals surface area contributed by atoms with Crippen molar-refractivity contribution < 1.29 is 19.8 Å². The molecule has 0 saturated carbocycles. The number of carboxylic acids is 2. The van der Waals surface area contributed by atoms with Crippen molar-refractivity contribution in [3.8, 4) is 0 Å². The van der Waals surface area contributed by atoms with E-state index < -0.39 is 11.9 Å². The van der Waals surface area contributed by atoms with Gasteiger partial charge in [0.1, 0.15) is 0 Å². The Hall–Kier alpha value is -1.40. The Kier molecular flexibility index (Phi) is 5.53. The highest BCUT2D eigenvalue weighted by atomic mass is 16.4. The fraction of sp³-hybridized carbons (Fsp3) is 0.733. The normalized spacial score (nSPS) is 33.3. The molecule has 2 saturated heterocycles. The van der Waals surface area contributed by atoms with Gasteiger partial charge in [0.05, 0.1) is 0 Å². The summed E-state index contributed by atoms with van der Waals surface area (Å²) in [6.45, 7) is 9.97. The Labute approximate surface area is 126 Å². The lowest BCUT2D eigenvalue weighted by Gasteiger charge is -2.55. The van der Waals surface area contributed by atoms with Crippen LogP contribution in [0.15, 0.2) is 12.2 Å². The van der Waals surface area contributed by atoms with Crippen LogP contribution in [0, 0.1) is 10.8 Å². The quantitative estimate of drug-likeness (QED) is 0.740. The van der Waals surface area contributed by atoms with Crippen LogP contribution in [0.1, 0.15) is 20.3 Å². The van der Waals surface area contributed by atoms with Crippen LogP contribution >= 0.6 is 0 Å². The highest BCUT2D eigenvalue weighted by Crippen LogP contribution is 2.44. The molecule has 0 aromatic rings. The number of hydrogen-bond acceptors (Lipinski definition) is 4. The molecule has 2 heterocycles. The van der Waals surface area contributed by atoms with Crippen LogP contribution in [0.2, 0.25) is 0 Å². The zero-order chi connectivity index (χ0) is 16.3. The molecule has 21 heavy (non-hydrogen) atoms. The molecule has 2 N–H and O–H groups in total. The Morgan fingerprint density at radius 2 is 1.14 bits per heavy atom. The van der Waals surface area contributed by atoms with Gasteiger partial charge in [-0.15, -0.1) is 0 Å². The van der Waals surface area contributed by atoms with E-state index in [4.69, 9.17) is 10.2 Å². The zero-order valence-electron chi connectivity index (χ0n) is 13.3. The van der Waals surface area contributed by atoms with E-state index >= 15 is 0 Å². The summed E-state index contributed by atoms with van der Waals surface area (Å²) in [7, 11) is 4.53. The standard InChI is InChI=1S/C11H22N2.C4H4O4/c1-10-5-11(2,8-12(3)6-10)9-13(4)7-10;5-3(6)1-2-4(7)8/h5-9H2,1-4H3;1-2H,(H,5,6)(H,7,8)/b;2-1+. The molecule has 0 atom stereocenters. The maximum Gasteiger partial charge on any atom is 0.328 e. The summed E-state index contributed by atoms with van der Waals surface area (Å²) in [5.74, 6) is -2.51. The van der Waals surface area contributed by atoms with E-state index in [1.165, 1.54) is 32.6 Å². The van der Waals surface area contributed by atoms with E-state index in [1.807, 2.05) is 0 Å². The van der Waals surface area contributed by atoms with Gasteiger partial charge in [-0.25, -0.2) is 9.59 Å². The summed E-state index contributed by atoms with van der Waals surface area (Å²) in [6, 6.07) is 0. The molecular weight excluding hydrogens is 272 g/mol. The van der Waals surface area contributed by atoms with Crippen LogP contribution in [-0.2, 0) is 9.59 Å². The minimum Gasteiger partial charge on any atom is -0.478 e. The lowest BCUT2D eigenvalue weighted by molar-refractivity contribution is -0.134. The Balaban J connectivity index is 0.000000240. The predicted molar refractivity (Wildman–Crippen MR) is 80.2 cm³/mol. The third kappa shape index (κ3) is 5.85. The molecule has 120 valence electrons. The van der Waals surface area contributed by atoms with Crippen molar-refractivity contribution in [2.75, 3.05) is 40.3 Å². The fourth-order valence-electron chi connectivity index (χ4n) is 4.21. The molecule has 2 aliphatic rings. The molecule has 0 aromatic carbocycles. The minimum absolute atomic E-state index is 0.536. The predicted octanol–water partition coefficient (Wildman–Crippen LogP) is 0.992. The minimum atomic E-state index is -1.26. The summed E-state index contributed by atoms with van der Waals surface area (Å²) in [5.41, 5.74) is 1.07. The second-order valence-electron chi connectivity index (χ2n) is 7.15. The Morgan fingerprint density at radius 1 is 0.857 bits per heavy atom. The van der Waals surface area contributed by atoms with Crippen molar-refractivity contribution in [2.45, 2.75) is 20.3 Å². The molecule has 0 aromatic heterocycles. The van der Waals surface area contributed by atoms with Gasteiger partial charge in [0.2, 0.25) is 0 Å². The van der Waals surface area contributed by atoms with E-state index in [2.05, 4.69) is 37.7 Å². The molecule has 6 nitrogen and oxygen atoms in total. The number of aliphatic carboxylic acids is 2. The van der Waals surface area contributed by atoms with E-state index in [9.17, 15) is 9.59 Å². The number of fused-ring (bicyclic) bond motifs is 2. The van der Waals surface area contributed by atoms with Crippen molar-refractivity contribution in [1.29, 1.82) is 0 Å². The van der Waals surface area contributed by atoms with E-state index in [-0.39, 0.29) is 0 Å². The third-order valence-corrected chi connectivity index (χ3v) is 3.83. The van der Waals surface area contributed by atoms with Crippen LogP contribution in [0.4, 0.5) is 0 Å². The van der Waals surface area contributed by atoms with Gasteiger partial charge < -0.3 is 20.0 Å². The number of likely N-dealkylation sites (tertiary alicyclic amines) is 2. The van der Waals surface area contributed by atoms with Crippen molar-refractivity contribution in [3.63, 3.8) is 0 Å². The zero-order valence-corrected chi connectivity index (χ0v) is 13.3. The van der Waals surface area contributed by atoms with Crippen LogP contribution < -0.4 is 0 Å². The highest BCUT2D eigenvalue weighted by molar-refractivity contribution is 5.89. The molecule has 0 unspecified atom stereocenters. The van der Waals surface area contributed by atoms with Gasteiger partial charge in [0, 0.05) is 38.3 Å². The van der Waals surface area contributed by atoms with E-state index in [0.29, 0.717) is 23.0 Å². The van der Waals surface area contributed by atoms with Crippen molar-refractivity contribution in [2.24, 2.45) is 10.8 Å². The molecule has 0 aliphatic carbocycles. The average molecular weight is 298 g/mol. The monoisotopic (exact) mass is 298 g/mol. The molecule has 6 heteroatoms. The first kappa shape index (κ1) is 17.7. The molecule has 0 radical (unpaired) electrons. The van der Waals surface area contributed by atoms with Crippen LogP contribution in [0.25, 0.3) is 0 Å². The summed E-state index contributed by atoms with van der Waals surface area (Å²) >= 11 is 0. The van der Waals surface area contributed by atoms with Gasteiger partial charge in [-0.2, -0.15) is 0 Å². The fourth-order valence-corrected chi connectivity index (χ4v) is 4.21. The summed E-state index contributed by atoms with van der Waals surface area (Å²) in [6.07, 6.45) is 2.53. The van der Waals surface area contributed by atoms with Gasteiger partial charge in [0.25, 0.3) is 0 Å². The summed E-state index contributed by atoms with van der Waals surface area (Å²) in [4.78, 5) is 24.1. The number of carboxylic acid groups (broad SMARTS) is 2. The second kappa shape index (κ2) is 6.58. The Bertz CT molecular complexity index is 383. The van der Waals surface area contributed by atoms with Gasteiger partial charge in [-0.1, -0.05) is 13.8 Å². The number of carbonyl (C=O) groups is 2. The van der Waals surface area contributed by atoms with Gasteiger partial charge >= 0.3 is 11.9 Å². The summed E-state index contributed by atoms with van der Waals surface area (Å²) < 4.78 is 0. The number of nitrogens with zero attached hydrogens (tertiary/aromatic N) is 2. The van der Waals surface area contributed by atoms with Crippen LogP contribution in [0.5, 0.6) is 0 Å². The average Bonchev–Trinajstić information content (AvgIpc) is 2.21. The lowest BCUT2D eigenvalue weighted by Crippen LogP contribution is -2.60. The van der Waals surface area contributed by atoms with Gasteiger partial charge in [-0.05, 0) is 31.3 Å². The number of rotatable bonds is 2. The second-order valence-corrected chi connectivity index (χ2v) is 7.15.